The number of rotatable bonds is 2. The Morgan fingerprint density at radius 2 is 2.00 bits per heavy atom. The average molecular weight is 228 g/mol. The molecule has 0 amide bonds. The third kappa shape index (κ3) is 1.82. The quantitative estimate of drug-likeness (QED) is 0.790. The van der Waals surface area contributed by atoms with Gasteiger partial charge in [0.25, 0.3) is 0 Å². The lowest BCUT2D eigenvalue weighted by Gasteiger charge is -2.16. The van der Waals surface area contributed by atoms with Gasteiger partial charge in [-0.1, -0.05) is 0 Å². The Morgan fingerprint density at radius 3 is 2.76 bits per heavy atom. The lowest BCUT2D eigenvalue weighted by Crippen LogP contribution is -2.10. The van der Waals surface area contributed by atoms with Crippen LogP contribution in [0.3, 0.4) is 0 Å². The fourth-order valence-electron chi connectivity index (χ4n) is 2.41. The molecule has 1 aromatic carbocycles. The summed E-state index contributed by atoms with van der Waals surface area (Å²) in [4.78, 5) is 4.55. The third-order valence-corrected chi connectivity index (χ3v) is 3.35. The molecule has 0 spiro atoms. The average Bonchev–Trinajstić information content (AvgIpc) is 2.83. The number of hydrogen-bond donors (Lipinski definition) is 0. The molecule has 0 fully saturated rings. The molecule has 88 valence electrons. The van der Waals surface area contributed by atoms with Gasteiger partial charge < -0.3 is 9.30 Å². The molecule has 1 aliphatic rings. The largest absolute Gasteiger partial charge is 0.497 e. The number of benzene rings is 1. The van der Waals surface area contributed by atoms with Gasteiger partial charge in [-0.2, -0.15) is 0 Å². The number of hydrogen-bond acceptors (Lipinski definition) is 2. The normalized spacial score (nSPS) is 14.4. The second-order valence-electron chi connectivity index (χ2n) is 4.41. The molecule has 0 N–H and O–H groups in total. The molecule has 2 aromatic rings. The maximum Gasteiger partial charge on any atom is 0.140 e. The van der Waals surface area contributed by atoms with Gasteiger partial charge in [-0.05, 0) is 43.5 Å². The second-order valence-corrected chi connectivity index (χ2v) is 4.41. The first-order valence-electron chi connectivity index (χ1n) is 6.07. The van der Waals surface area contributed by atoms with Crippen LogP contribution in [0.1, 0.15) is 18.5 Å². The maximum absolute atomic E-state index is 5.17. The van der Waals surface area contributed by atoms with Gasteiger partial charge in [0.15, 0.2) is 0 Å². The van der Waals surface area contributed by atoms with E-state index in [2.05, 4.69) is 21.7 Å². The highest BCUT2D eigenvalue weighted by Gasteiger charge is 2.14. The zero-order valence-corrected chi connectivity index (χ0v) is 10.0. The minimum Gasteiger partial charge on any atom is -0.497 e. The number of ether oxygens (including phenoxy) is 1. The van der Waals surface area contributed by atoms with E-state index >= 15 is 0 Å². The zero-order valence-electron chi connectivity index (χ0n) is 10.0. The summed E-state index contributed by atoms with van der Waals surface area (Å²) in [7, 11) is 1.69. The van der Waals surface area contributed by atoms with Crippen LogP contribution in [0, 0.1) is 0 Å². The van der Waals surface area contributed by atoms with Crippen molar-refractivity contribution in [2.24, 2.45) is 0 Å². The molecule has 0 atom stereocenters. The Bertz CT molecular complexity index is 514. The van der Waals surface area contributed by atoms with Crippen molar-refractivity contribution in [1.29, 1.82) is 0 Å². The standard InChI is InChI=1S/C14H16N2O/c1-17-13-7-5-11(6-8-13)14-15-10-12-4-2-3-9-16(12)14/h5-8,10H,2-4,9H2,1H3. The number of aryl methyl sites for hydroxylation is 1. The van der Waals surface area contributed by atoms with Gasteiger partial charge in [0.1, 0.15) is 11.6 Å². The molecule has 3 heteroatoms. The number of aromatic nitrogens is 2. The Hall–Kier alpha value is -1.77. The minimum absolute atomic E-state index is 0.888. The van der Waals surface area contributed by atoms with Crippen LogP contribution in [-0.2, 0) is 13.0 Å². The van der Waals surface area contributed by atoms with E-state index < -0.39 is 0 Å². The van der Waals surface area contributed by atoms with E-state index in [1.807, 2.05) is 18.3 Å². The summed E-state index contributed by atoms with van der Waals surface area (Å²) in [5.41, 5.74) is 2.53. The molecule has 1 aliphatic heterocycles. The Morgan fingerprint density at radius 1 is 1.18 bits per heavy atom. The van der Waals surface area contributed by atoms with Crippen molar-refractivity contribution in [3.05, 3.63) is 36.2 Å². The predicted molar refractivity (Wildman–Crippen MR) is 67.2 cm³/mol. The van der Waals surface area contributed by atoms with E-state index in [9.17, 15) is 0 Å². The zero-order chi connectivity index (χ0) is 11.7. The summed E-state index contributed by atoms with van der Waals surface area (Å²) in [6, 6.07) is 8.12. The summed E-state index contributed by atoms with van der Waals surface area (Å²) in [6.07, 6.45) is 5.71. The van der Waals surface area contributed by atoms with Crippen molar-refractivity contribution >= 4 is 0 Å². The van der Waals surface area contributed by atoms with E-state index in [-0.39, 0.29) is 0 Å². The molecule has 0 bridgehead atoms. The monoisotopic (exact) mass is 228 g/mol. The first-order chi connectivity index (χ1) is 8.38. The van der Waals surface area contributed by atoms with E-state index in [1.165, 1.54) is 24.1 Å². The topological polar surface area (TPSA) is 27.1 Å². The minimum atomic E-state index is 0.888. The predicted octanol–water partition coefficient (Wildman–Crippen LogP) is 2.90. The highest BCUT2D eigenvalue weighted by molar-refractivity contribution is 5.57. The molecule has 3 rings (SSSR count). The SMILES string of the molecule is COc1ccc(-c2ncc3n2CCCC3)cc1. The third-order valence-electron chi connectivity index (χ3n) is 3.35. The van der Waals surface area contributed by atoms with Gasteiger partial charge in [0.2, 0.25) is 0 Å². The molecule has 0 saturated carbocycles. The van der Waals surface area contributed by atoms with Crippen molar-refractivity contribution in [3.63, 3.8) is 0 Å². The number of nitrogens with zero attached hydrogens (tertiary/aromatic N) is 2. The second kappa shape index (κ2) is 4.24. The van der Waals surface area contributed by atoms with Crippen LogP contribution in [0.4, 0.5) is 0 Å². The summed E-state index contributed by atoms with van der Waals surface area (Å²) in [5.74, 6) is 1.97. The van der Waals surface area contributed by atoms with Crippen LogP contribution in [0.2, 0.25) is 0 Å². The van der Waals surface area contributed by atoms with E-state index in [1.54, 1.807) is 7.11 Å². The van der Waals surface area contributed by atoms with Crippen LogP contribution in [0.25, 0.3) is 11.4 Å². The smallest absolute Gasteiger partial charge is 0.140 e. The van der Waals surface area contributed by atoms with Crippen molar-refractivity contribution < 1.29 is 4.74 Å². The summed E-state index contributed by atoms with van der Waals surface area (Å²) >= 11 is 0. The lowest BCUT2D eigenvalue weighted by atomic mass is 10.1. The van der Waals surface area contributed by atoms with Gasteiger partial charge in [0.05, 0.1) is 7.11 Å². The van der Waals surface area contributed by atoms with Gasteiger partial charge in [-0.3, -0.25) is 0 Å². The first kappa shape index (κ1) is 10.4. The van der Waals surface area contributed by atoms with Crippen LogP contribution in [-0.4, -0.2) is 16.7 Å². The van der Waals surface area contributed by atoms with E-state index in [0.717, 1.165) is 24.5 Å². The highest BCUT2D eigenvalue weighted by atomic mass is 16.5. The van der Waals surface area contributed by atoms with Gasteiger partial charge >= 0.3 is 0 Å². The fourth-order valence-corrected chi connectivity index (χ4v) is 2.41. The molecule has 17 heavy (non-hydrogen) atoms. The van der Waals surface area contributed by atoms with Gasteiger partial charge in [-0.15, -0.1) is 0 Å². The summed E-state index contributed by atoms with van der Waals surface area (Å²) < 4.78 is 7.51. The van der Waals surface area contributed by atoms with Gasteiger partial charge in [-0.25, -0.2) is 4.98 Å². The number of imidazole rings is 1. The molecule has 0 saturated heterocycles. The first-order valence-corrected chi connectivity index (χ1v) is 6.07. The molecule has 0 unspecified atom stereocenters. The lowest BCUT2D eigenvalue weighted by molar-refractivity contribution is 0.415. The maximum atomic E-state index is 5.17. The van der Waals surface area contributed by atoms with Crippen molar-refractivity contribution in [2.75, 3.05) is 7.11 Å². The fraction of sp³-hybridized carbons (Fsp3) is 0.357. The molecule has 0 aliphatic carbocycles. The van der Waals surface area contributed by atoms with E-state index in [4.69, 9.17) is 4.74 Å². The Labute approximate surface area is 101 Å². The van der Waals surface area contributed by atoms with Crippen molar-refractivity contribution in [3.8, 4) is 17.1 Å². The molecule has 1 aromatic heterocycles. The molecular weight excluding hydrogens is 212 g/mol. The molecule has 3 nitrogen and oxygen atoms in total. The Kier molecular flexibility index (Phi) is 2.59. The van der Waals surface area contributed by atoms with Crippen LogP contribution >= 0.6 is 0 Å². The number of methoxy groups -OCH3 is 1. The van der Waals surface area contributed by atoms with Crippen LogP contribution in [0.5, 0.6) is 5.75 Å². The molecule has 0 radical (unpaired) electrons. The highest BCUT2D eigenvalue weighted by Crippen LogP contribution is 2.25. The van der Waals surface area contributed by atoms with Crippen LogP contribution in [0.15, 0.2) is 30.5 Å². The van der Waals surface area contributed by atoms with Gasteiger partial charge in [0, 0.05) is 24.0 Å². The number of fused-ring (bicyclic) bond motifs is 1. The Balaban J connectivity index is 2.00. The van der Waals surface area contributed by atoms with Crippen molar-refractivity contribution in [2.45, 2.75) is 25.8 Å². The summed E-state index contributed by atoms with van der Waals surface area (Å²) in [6.45, 7) is 1.09. The van der Waals surface area contributed by atoms with Crippen LogP contribution < -0.4 is 4.74 Å². The molecule has 2 heterocycles. The molecular formula is C14H16N2O. The van der Waals surface area contributed by atoms with E-state index in [0.29, 0.717) is 0 Å². The van der Waals surface area contributed by atoms with Crippen molar-refractivity contribution in [1.82, 2.24) is 9.55 Å². The summed E-state index contributed by atoms with van der Waals surface area (Å²) in [5, 5.41) is 0.